The molecule has 2 rings (SSSR count). The van der Waals surface area contributed by atoms with Crippen LogP contribution in [0.3, 0.4) is 0 Å². The minimum atomic E-state index is -1.06. The molecule has 0 aliphatic heterocycles. The van der Waals surface area contributed by atoms with Crippen LogP contribution < -0.4 is 5.32 Å². The van der Waals surface area contributed by atoms with Crippen LogP contribution in [0.1, 0.15) is 54.6 Å². The van der Waals surface area contributed by atoms with Crippen LogP contribution in [-0.4, -0.2) is 22.9 Å². The molecule has 0 bridgehead atoms. The van der Waals surface area contributed by atoms with E-state index in [1.165, 1.54) is 19.1 Å². The lowest BCUT2D eigenvalue weighted by atomic mass is 9.97. The Morgan fingerprint density at radius 2 is 1.86 bits per heavy atom. The molecule has 0 heterocycles. The number of amides is 1. The van der Waals surface area contributed by atoms with Gasteiger partial charge in [0, 0.05) is 17.3 Å². The van der Waals surface area contributed by atoms with Crippen molar-refractivity contribution in [2.24, 2.45) is 0 Å². The lowest BCUT2D eigenvalue weighted by molar-refractivity contribution is -0.385. The summed E-state index contributed by atoms with van der Waals surface area (Å²) in [5, 5.41) is 13.8. The Balaban J connectivity index is 2.10. The summed E-state index contributed by atoms with van der Waals surface area (Å²) in [6.45, 7) is 7.17. The summed E-state index contributed by atoms with van der Waals surface area (Å²) in [4.78, 5) is 35.2. The van der Waals surface area contributed by atoms with E-state index in [2.05, 4.69) is 19.2 Å². The molecule has 0 radical (unpaired) electrons. The molecule has 0 aromatic heterocycles. The number of carbonyl (C=O) groups is 2. The van der Waals surface area contributed by atoms with E-state index in [9.17, 15) is 19.7 Å². The topological polar surface area (TPSA) is 98.5 Å². The zero-order chi connectivity index (χ0) is 20.8. The van der Waals surface area contributed by atoms with E-state index in [1.54, 1.807) is 13.0 Å². The van der Waals surface area contributed by atoms with E-state index < -0.39 is 22.9 Å². The number of aryl methyl sites for hydroxylation is 1. The average molecular weight is 384 g/mol. The first-order chi connectivity index (χ1) is 13.2. The smallest absolute Gasteiger partial charge is 0.339 e. The van der Waals surface area contributed by atoms with Crippen LogP contribution in [0.2, 0.25) is 0 Å². The van der Waals surface area contributed by atoms with Crippen LogP contribution in [-0.2, 0) is 9.53 Å². The summed E-state index contributed by atoms with van der Waals surface area (Å²) in [5.74, 6) is -0.992. The molecule has 1 amide bonds. The highest BCUT2D eigenvalue weighted by molar-refractivity contribution is 5.98. The number of rotatable bonds is 7. The van der Waals surface area contributed by atoms with Crippen LogP contribution in [0.25, 0.3) is 0 Å². The van der Waals surface area contributed by atoms with Crippen molar-refractivity contribution in [2.75, 3.05) is 5.32 Å². The van der Waals surface area contributed by atoms with Gasteiger partial charge < -0.3 is 10.1 Å². The summed E-state index contributed by atoms with van der Waals surface area (Å²) in [5.41, 5.74) is 1.97. The van der Waals surface area contributed by atoms with Crippen LogP contribution in [0.5, 0.6) is 0 Å². The Bertz CT molecular complexity index is 894. The molecule has 7 nitrogen and oxygen atoms in total. The summed E-state index contributed by atoms with van der Waals surface area (Å²) in [6, 6.07) is 11.5. The average Bonchev–Trinajstić information content (AvgIpc) is 2.67. The van der Waals surface area contributed by atoms with Crippen LogP contribution in [0, 0.1) is 17.0 Å². The fraction of sp³-hybridized carbons (Fsp3) is 0.333. The molecule has 2 aromatic carbocycles. The van der Waals surface area contributed by atoms with Crippen molar-refractivity contribution in [3.63, 3.8) is 0 Å². The number of ether oxygens (including phenoxy) is 1. The lowest BCUT2D eigenvalue weighted by Crippen LogP contribution is -2.30. The predicted octanol–water partition coefficient (Wildman–Crippen LogP) is 4.60. The van der Waals surface area contributed by atoms with Crippen molar-refractivity contribution in [2.45, 2.75) is 46.1 Å². The SMILES string of the molecule is CCC(C)c1ccccc1NC(=O)C(C)OC(=O)c1ccc(C)c([N+](=O)[O-])c1. The maximum atomic E-state index is 12.5. The maximum absolute atomic E-state index is 12.5. The number of benzene rings is 2. The highest BCUT2D eigenvalue weighted by Gasteiger charge is 2.22. The van der Waals surface area contributed by atoms with Crippen LogP contribution >= 0.6 is 0 Å². The van der Waals surface area contributed by atoms with Crippen LogP contribution in [0.4, 0.5) is 11.4 Å². The minimum absolute atomic E-state index is 0.0250. The van der Waals surface area contributed by atoms with E-state index in [-0.39, 0.29) is 17.2 Å². The van der Waals surface area contributed by atoms with Gasteiger partial charge in [-0.2, -0.15) is 0 Å². The van der Waals surface area contributed by atoms with Crippen molar-refractivity contribution < 1.29 is 19.2 Å². The molecular weight excluding hydrogens is 360 g/mol. The largest absolute Gasteiger partial charge is 0.449 e. The predicted molar refractivity (Wildman–Crippen MR) is 106 cm³/mol. The zero-order valence-electron chi connectivity index (χ0n) is 16.4. The van der Waals surface area contributed by atoms with Gasteiger partial charge in [-0.15, -0.1) is 0 Å². The third-order valence-electron chi connectivity index (χ3n) is 4.66. The van der Waals surface area contributed by atoms with Crippen molar-refractivity contribution in [1.82, 2.24) is 0 Å². The van der Waals surface area contributed by atoms with Gasteiger partial charge in [0.25, 0.3) is 11.6 Å². The summed E-state index contributed by atoms with van der Waals surface area (Å²) in [6.07, 6.45) is -0.137. The highest BCUT2D eigenvalue weighted by Crippen LogP contribution is 2.27. The standard InChI is InChI=1S/C21H24N2O5/c1-5-13(2)17-8-6-7-9-18(17)22-20(24)15(4)28-21(25)16-11-10-14(3)19(12-16)23(26)27/h6-13,15H,5H2,1-4H3,(H,22,24). The third-order valence-corrected chi connectivity index (χ3v) is 4.66. The van der Waals surface area contributed by atoms with Crippen molar-refractivity contribution in [3.05, 3.63) is 69.3 Å². The molecule has 0 spiro atoms. The van der Waals surface area contributed by atoms with Gasteiger partial charge in [-0.1, -0.05) is 38.1 Å². The second-order valence-electron chi connectivity index (χ2n) is 6.69. The molecule has 148 valence electrons. The van der Waals surface area contributed by atoms with Crippen molar-refractivity contribution in [1.29, 1.82) is 0 Å². The molecule has 0 aliphatic rings. The van der Waals surface area contributed by atoms with Crippen molar-refractivity contribution >= 4 is 23.3 Å². The van der Waals surface area contributed by atoms with E-state index >= 15 is 0 Å². The zero-order valence-corrected chi connectivity index (χ0v) is 16.4. The fourth-order valence-electron chi connectivity index (χ4n) is 2.71. The number of carbonyl (C=O) groups excluding carboxylic acids is 2. The van der Waals surface area contributed by atoms with Crippen molar-refractivity contribution in [3.8, 4) is 0 Å². The number of nitrogens with zero attached hydrogens (tertiary/aromatic N) is 1. The Kier molecular flexibility index (Phi) is 6.87. The molecule has 0 saturated heterocycles. The molecule has 7 heteroatoms. The Morgan fingerprint density at radius 3 is 2.50 bits per heavy atom. The Morgan fingerprint density at radius 1 is 1.18 bits per heavy atom. The molecule has 2 aromatic rings. The normalized spacial score (nSPS) is 12.7. The van der Waals surface area contributed by atoms with E-state index in [1.807, 2.05) is 18.2 Å². The third kappa shape index (κ3) is 4.94. The Labute approximate surface area is 163 Å². The molecule has 28 heavy (non-hydrogen) atoms. The molecule has 0 aliphatic carbocycles. The molecule has 0 saturated carbocycles. The molecule has 1 N–H and O–H groups in total. The first-order valence-electron chi connectivity index (χ1n) is 9.10. The number of nitrogens with one attached hydrogen (secondary N) is 1. The highest BCUT2D eigenvalue weighted by atomic mass is 16.6. The first kappa shape index (κ1) is 21.1. The number of anilines is 1. The minimum Gasteiger partial charge on any atom is -0.449 e. The number of hydrogen-bond acceptors (Lipinski definition) is 5. The summed E-state index contributed by atoms with van der Waals surface area (Å²) >= 11 is 0. The number of hydrogen-bond donors (Lipinski definition) is 1. The van der Waals surface area contributed by atoms with E-state index in [0.29, 0.717) is 11.3 Å². The number of nitro benzene ring substituents is 1. The van der Waals surface area contributed by atoms with Crippen LogP contribution in [0.15, 0.2) is 42.5 Å². The fourth-order valence-corrected chi connectivity index (χ4v) is 2.71. The summed E-state index contributed by atoms with van der Waals surface area (Å²) in [7, 11) is 0. The number of para-hydroxylation sites is 1. The van der Waals surface area contributed by atoms with Gasteiger partial charge in [-0.25, -0.2) is 4.79 Å². The lowest BCUT2D eigenvalue weighted by Gasteiger charge is -2.18. The van der Waals surface area contributed by atoms with Gasteiger partial charge in [0.05, 0.1) is 10.5 Å². The van der Waals surface area contributed by atoms with E-state index in [0.717, 1.165) is 18.1 Å². The van der Waals surface area contributed by atoms with E-state index in [4.69, 9.17) is 4.74 Å². The van der Waals surface area contributed by atoms with Gasteiger partial charge in [0.1, 0.15) is 0 Å². The quantitative estimate of drug-likeness (QED) is 0.427. The monoisotopic (exact) mass is 384 g/mol. The Hall–Kier alpha value is -3.22. The maximum Gasteiger partial charge on any atom is 0.339 e. The summed E-state index contributed by atoms with van der Waals surface area (Å²) < 4.78 is 5.20. The molecular formula is C21H24N2O5. The van der Waals surface area contributed by atoms with Gasteiger partial charge in [-0.05, 0) is 43.9 Å². The molecule has 2 unspecified atom stereocenters. The van der Waals surface area contributed by atoms with Gasteiger partial charge in [-0.3, -0.25) is 14.9 Å². The number of nitro groups is 1. The second-order valence-corrected chi connectivity index (χ2v) is 6.69. The molecule has 2 atom stereocenters. The molecule has 0 fully saturated rings. The van der Waals surface area contributed by atoms with Gasteiger partial charge >= 0.3 is 5.97 Å². The second kappa shape index (κ2) is 9.12. The van der Waals surface area contributed by atoms with Gasteiger partial charge in [0.15, 0.2) is 6.10 Å². The van der Waals surface area contributed by atoms with Gasteiger partial charge in [0.2, 0.25) is 0 Å². The number of esters is 1. The first-order valence-corrected chi connectivity index (χ1v) is 9.10.